The van der Waals surface area contributed by atoms with Crippen molar-refractivity contribution in [3.05, 3.63) is 23.9 Å². The van der Waals surface area contributed by atoms with E-state index in [9.17, 15) is 4.79 Å². The quantitative estimate of drug-likeness (QED) is 0.836. The van der Waals surface area contributed by atoms with Crippen molar-refractivity contribution in [1.82, 2.24) is 9.88 Å². The Morgan fingerprint density at radius 1 is 1.26 bits per heavy atom. The highest BCUT2D eigenvalue weighted by molar-refractivity contribution is 5.72. The van der Waals surface area contributed by atoms with Crippen LogP contribution in [-0.2, 0) is 10.2 Å². The molecule has 0 radical (unpaired) electrons. The fraction of sp³-hybridized carbons (Fsp3) is 0.600. The summed E-state index contributed by atoms with van der Waals surface area (Å²) in [7, 11) is 3.82. The Morgan fingerprint density at radius 2 is 1.89 bits per heavy atom. The number of likely N-dealkylation sites (N-methyl/N-ethyl adjacent to an activating group) is 2. The second kappa shape index (κ2) is 6.04. The van der Waals surface area contributed by atoms with E-state index in [1.54, 1.807) is 11.8 Å². The normalized spacial score (nSPS) is 11.3. The summed E-state index contributed by atoms with van der Waals surface area (Å²) in [5, 5.41) is 0. The number of rotatable bonds is 4. The molecule has 4 heteroatoms. The molecule has 0 bridgehead atoms. The first-order valence-corrected chi connectivity index (χ1v) is 6.61. The molecule has 19 heavy (non-hydrogen) atoms. The summed E-state index contributed by atoms with van der Waals surface area (Å²) in [5.74, 6) is 1.04. The van der Waals surface area contributed by atoms with Crippen molar-refractivity contribution in [1.29, 1.82) is 0 Å². The van der Waals surface area contributed by atoms with E-state index in [2.05, 4.69) is 42.8 Å². The Balaban J connectivity index is 2.72. The maximum absolute atomic E-state index is 11.2. The molecule has 0 saturated carbocycles. The zero-order valence-electron chi connectivity index (χ0n) is 12.9. The molecule has 4 nitrogen and oxygen atoms in total. The average molecular weight is 263 g/mol. The van der Waals surface area contributed by atoms with E-state index in [4.69, 9.17) is 0 Å². The summed E-state index contributed by atoms with van der Waals surface area (Å²) in [4.78, 5) is 19.4. The minimum Gasteiger partial charge on any atom is -0.358 e. The van der Waals surface area contributed by atoms with Crippen LogP contribution in [0.1, 0.15) is 33.3 Å². The van der Waals surface area contributed by atoms with Crippen molar-refractivity contribution < 1.29 is 4.79 Å². The zero-order chi connectivity index (χ0) is 14.6. The lowest BCUT2D eigenvalue weighted by Gasteiger charge is -2.24. The van der Waals surface area contributed by atoms with Gasteiger partial charge in [0.2, 0.25) is 5.91 Å². The molecule has 0 saturated heterocycles. The molecule has 0 atom stereocenters. The highest BCUT2D eigenvalue weighted by atomic mass is 16.2. The van der Waals surface area contributed by atoms with Gasteiger partial charge in [-0.05, 0) is 23.1 Å². The molecule has 0 aromatic carbocycles. The third-order valence-corrected chi connectivity index (χ3v) is 3.31. The van der Waals surface area contributed by atoms with Crippen LogP contribution in [0.3, 0.4) is 0 Å². The summed E-state index contributed by atoms with van der Waals surface area (Å²) in [6, 6.07) is 4.17. The van der Waals surface area contributed by atoms with Gasteiger partial charge in [-0.3, -0.25) is 4.79 Å². The SMILES string of the molecule is CC(=O)N(C)CCN(C)c1cc(C(C)(C)C)ccn1. The number of amides is 1. The van der Waals surface area contributed by atoms with E-state index < -0.39 is 0 Å². The van der Waals surface area contributed by atoms with Gasteiger partial charge in [-0.1, -0.05) is 20.8 Å². The van der Waals surface area contributed by atoms with Crippen molar-refractivity contribution in [2.24, 2.45) is 0 Å². The third-order valence-electron chi connectivity index (χ3n) is 3.31. The number of hydrogen-bond donors (Lipinski definition) is 0. The number of anilines is 1. The lowest BCUT2D eigenvalue weighted by molar-refractivity contribution is -0.127. The van der Waals surface area contributed by atoms with Crippen LogP contribution in [0.4, 0.5) is 5.82 Å². The van der Waals surface area contributed by atoms with Crippen molar-refractivity contribution in [3.8, 4) is 0 Å². The summed E-state index contributed by atoms with van der Waals surface area (Å²) in [6.45, 7) is 9.63. The zero-order valence-corrected chi connectivity index (χ0v) is 12.9. The first kappa shape index (κ1) is 15.5. The summed E-state index contributed by atoms with van der Waals surface area (Å²) >= 11 is 0. The van der Waals surface area contributed by atoms with E-state index in [0.717, 1.165) is 12.4 Å². The lowest BCUT2D eigenvalue weighted by Crippen LogP contribution is -2.33. The second-order valence-electron chi connectivity index (χ2n) is 6.01. The largest absolute Gasteiger partial charge is 0.358 e. The van der Waals surface area contributed by atoms with Crippen molar-refractivity contribution >= 4 is 11.7 Å². The molecular formula is C15H25N3O. The Morgan fingerprint density at radius 3 is 2.42 bits per heavy atom. The smallest absolute Gasteiger partial charge is 0.219 e. The maximum atomic E-state index is 11.2. The molecule has 0 aliphatic heterocycles. The van der Waals surface area contributed by atoms with Crippen LogP contribution >= 0.6 is 0 Å². The number of aromatic nitrogens is 1. The van der Waals surface area contributed by atoms with E-state index in [1.807, 2.05) is 20.3 Å². The first-order chi connectivity index (χ1) is 8.71. The van der Waals surface area contributed by atoms with Crippen molar-refractivity contribution in [2.45, 2.75) is 33.1 Å². The minimum absolute atomic E-state index is 0.0878. The van der Waals surface area contributed by atoms with Gasteiger partial charge in [0, 0.05) is 40.3 Å². The van der Waals surface area contributed by atoms with Gasteiger partial charge in [0.15, 0.2) is 0 Å². The van der Waals surface area contributed by atoms with Crippen LogP contribution in [0.25, 0.3) is 0 Å². The highest BCUT2D eigenvalue weighted by Gasteiger charge is 2.15. The first-order valence-electron chi connectivity index (χ1n) is 6.61. The lowest BCUT2D eigenvalue weighted by atomic mass is 9.88. The van der Waals surface area contributed by atoms with Gasteiger partial charge < -0.3 is 9.80 Å². The van der Waals surface area contributed by atoms with Gasteiger partial charge in [0.1, 0.15) is 5.82 Å². The molecule has 1 heterocycles. The predicted octanol–water partition coefficient (Wildman–Crippen LogP) is 2.29. The van der Waals surface area contributed by atoms with Gasteiger partial charge in [0.05, 0.1) is 0 Å². The maximum Gasteiger partial charge on any atom is 0.219 e. The number of hydrogen-bond acceptors (Lipinski definition) is 3. The number of pyridine rings is 1. The monoisotopic (exact) mass is 263 g/mol. The van der Waals surface area contributed by atoms with Crippen molar-refractivity contribution in [3.63, 3.8) is 0 Å². The topological polar surface area (TPSA) is 36.4 Å². The Kier molecular flexibility index (Phi) is 4.92. The molecule has 0 aliphatic rings. The van der Waals surface area contributed by atoms with Gasteiger partial charge >= 0.3 is 0 Å². The van der Waals surface area contributed by atoms with Crippen molar-refractivity contribution in [2.75, 3.05) is 32.1 Å². The Hall–Kier alpha value is -1.58. The summed E-state index contributed by atoms with van der Waals surface area (Å²) < 4.78 is 0. The van der Waals surface area contributed by atoms with Gasteiger partial charge in [-0.2, -0.15) is 0 Å². The predicted molar refractivity (Wildman–Crippen MR) is 79.5 cm³/mol. The molecule has 0 spiro atoms. The molecule has 1 rings (SSSR count). The minimum atomic E-state index is 0.0878. The molecular weight excluding hydrogens is 238 g/mol. The van der Waals surface area contributed by atoms with E-state index >= 15 is 0 Å². The van der Waals surface area contributed by atoms with Crippen LogP contribution in [0.15, 0.2) is 18.3 Å². The highest BCUT2D eigenvalue weighted by Crippen LogP contribution is 2.24. The summed E-state index contributed by atoms with van der Waals surface area (Å²) in [5.41, 5.74) is 1.39. The Labute approximate surface area is 116 Å². The second-order valence-corrected chi connectivity index (χ2v) is 6.01. The molecule has 106 valence electrons. The summed E-state index contributed by atoms with van der Waals surface area (Å²) in [6.07, 6.45) is 1.85. The Bertz CT molecular complexity index is 437. The van der Waals surface area contributed by atoms with Gasteiger partial charge in [-0.15, -0.1) is 0 Å². The fourth-order valence-corrected chi connectivity index (χ4v) is 1.67. The number of carbonyl (C=O) groups excluding carboxylic acids is 1. The van der Waals surface area contributed by atoms with E-state index in [1.165, 1.54) is 5.56 Å². The molecule has 1 amide bonds. The molecule has 0 aliphatic carbocycles. The number of nitrogens with zero attached hydrogens (tertiary/aromatic N) is 3. The molecule has 0 unspecified atom stereocenters. The van der Waals surface area contributed by atoms with Crippen LogP contribution in [0.5, 0.6) is 0 Å². The fourth-order valence-electron chi connectivity index (χ4n) is 1.67. The molecule has 1 aromatic rings. The van der Waals surface area contributed by atoms with Gasteiger partial charge in [-0.25, -0.2) is 4.98 Å². The number of carbonyl (C=O) groups is 1. The van der Waals surface area contributed by atoms with Crippen LogP contribution in [0.2, 0.25) is 0 Å². The third kappa shape index (κ3) is 4.54. The van der Waals surface area contributed by atoms with Crippen LogP contribution in [-0.4, -0.2) is 43.0 Å². The average Bonchev–Trinajstić information content (AvgIpc) is 2.34. The van der Waals surface area contributed by atoms with E-state index in [0.29, 0.717) is 6.54 Å². The standard InChI is InChI=1S/C15H25N3O/c1-12(19)17(5)9-10-18(6)14-11-13(7-8-16-14)15(2,3)4/h7-8,11H,9-10H2,1-6H3. The van der Waals surface area contributed by atoms with Crippen LogP contribution in [0, 0.1) is 0 Å². The molecule has 0 N–H and O–H groups in total. The van der Waals surface area contributed by atoms with E-state index in [-0.39, 0.29) is 11.3 Å². The molecule has 1 aromatic heterocycles. The van der Waals surface area contributed by atoms with Gasteiger partial charge in [0.25, 0.3) is 0 Å². The molecule has 0 fully saturated rings. The van der Waals surface area contributed by atoms with Crippen LogP contribution < -0.4 is 4.90 Å².